The summed E-state index contributed by atoms with van der Waals surface area (Å²) in [6, 6.07) is 12.9. The quantitative estimate of drug-likeness (QED) is 0.474. The molecule has 2 aromatic carbocycles. The number of piperidine rings is 1. The number of benzene rings is 2. The molecular formula is C26H27FN4O5S. The molecule has 1 fully saturated rings. The van der Waals surface area contributed by atoms with Crippen LogP contribution in [0.1, 0.15) is 36.8 Å². The van der Waals surface area contributed by atoms with Gasteiger partial charge in [0, 0.05) is 42.9 Å². The maximum atomic E-state index is 14.0. The lowest BCUT2D eigenvalue weighted by atomic mass is 9.97. The Labute approximate surface area is 214 Å². The van der Waals surface area contributed by atoms with Crippen molar-refractivity contribution in [3.63, 3.8) is 0 Å². The van der Waals surface area contributed by atoms with E-state index in [1.54, 1.807) is 42.5 Å². The molecule has 0 atom stereocenters. The van der Waals surface area contributed by atoms with Gasteiger partial charge in [-0.25, -0.2) is 12.8 Å². The number of amides is 2. The van der Waals surface area contributed by atoms with Gasteiger partial charge in [-0.2, -0.15) is 4.31 Å². The fourth-order valence-electron chi connectivity index (χ4n) is 4.15. The molecule has 0 aliphatic carbocycles. The normalized spacial score (nSPS) is 15.1. The zero-order valence-corrected chi connectivity index (χ0v) is 21.2. The monoisotopic (exact) mass is 526 g/mol. The average molecular weight is 527 g/mol. The molecule has 0 saturated carbocycles. The van der Waals surface area contributed by atoms with E-state index in [1.807, 2.05) is 0 Å². The molecule has 11 heteroatoms. The van der Waals surface area contributed by atoms with Crippen LogP contribution in [0.2, 0.25) is 0 Å². The zero-order chi connectivity index (χ0) is 26.6. The number of carbonyl (C=O) groups excluding carboxylic acids is 2. The Bertz CT molecular complexity index is 1430. The third-order valence-electron chi connectivity index (χ3n) is 6.05. The van der Waals surface area contributed by atoms with Crippen LogP contribution in [-0.2, 0) is 19.6 Å². The number of anilines is 2. The maximum absolute atomic E-state index is 14.0. The Kier molecular flexibility index (Phi) is 7.84. The minimum Gasteiger partial charge on any atom is -0.355 e. The first kappa shape index (κ1) is 26.2. The SMILES string of the molecule is CC(=O)Nc1ccc(NC(=O)C2CCN(S(=O)(=O)c3c(C)noc3C=Cc3ccccc3F)CC2)cc1. The highest BCUT2D eigenvalue weighted by Crippen LogP contribution is 2.30. The van der Waals surface area contributed by atoms with Gasteiger partial charge in [0.2, 0.25) is 21.8 Å². The highest BCUT2D eigenvalue weighted by molar-refractivity contribution is 7.89. The molecule has 3 aromatic rings. The predicted octanol–water partition coefficient (Wildman–Crippen LogP) is 4.29. The molecular weight excluding hydrogens is 499 g/mol. The first-order valence-electron chi connectivity index (χ1n) is 11.7. The van der Waals surface area contributed by atoms with Crippen molar-refractivity contribution >= 4 is 45.4 Å². The first-order chi connectivity index (χ1) is 17.6. The summed E-state index contributed by atoms with van der Waals surface area (Å²) in [4.78, 5) is 23.8. The second-order valence-corrected chi connectivity index (χ2v) is 10.6. The molecule has 0 spiro atoms. The maximum Gasteiger partial charge on any atom is 0.248 e. The molecule has 0 unspecified atom stereocenters. The number of hydrogen-bond donors (Lipinski definition) is 2. The molecule has 1 aliphatic heterocycles. The van der Waals surface area contributed by atoms with Gasteiger partial charge >= 0.3 is 0 Å². The third-order valence-corrected chi connectivity index (χ3v) is 8.11. The number of carbonyl (C=O) groups is 2. The number of aryl methyl sites for hydroxylation is 1. The molecule has 0 radical (unpaired) electrons. The minimum absolute atomic E-state index is 0.0170. The fourth-order valence-corrected chi connectivity index (χ4v) is 5.87. The van der Waals surface area contributed by atoms with Crippen LogP contribution >= 0.6 is 0 Å². The second kappa shape index (κ2) is 11.1. The van der Waals surface area contributed by atoms with Crippen LogP contribution in [-0.4, -0.2) is 42.8 Å². The van der Waals surface area contributed by atoms with E-state index in [1.165, 1.54) is 36.4 Å². The lowest BCUT2D eigenvalue weighted by Crippen LogP contribution is -2.41. The van der Waals surface area contributed by atoms with E-state index in [-0.39, 0.29) is 52.7 Å². The number of aromatic nitrogens is 1. The van der Waals surface area contributed by atoms with E-state index < -0.39 is 15.8 Å². The summed E-state index contributed by atoms with van der Waals surface area (Å²) < 4.78 is 47.4. The molecule has 2 amide bonds. The summed E-state index contributed by atoms with van der Waals surface area (Å²) in [6.07, 6.45) is 3.52. The lowest BCUT2D eigenvalue weighted by Gasteiger charge is -2.30. The predicted molar refractivity (Wildman–Crippen MR) is 137 cm³/mol. The van der Waals surface area contributed by atoms with Crippen molar-refractivity contribution in [2.75, 3.05) is 23.7 Å². The molecule has 9 nitrogen and oxygen atoms in total. The van der Waals surface area contributed by atoms with Crippen molar-refractivity contribution in [3.8, 4) is 0 Å². The number of halogens is 1. The van der Waals surface area contributed by atoms with Gasteiger partial charge in [0.1, 0.15) is 11.5 Å². The van der Waals surface area contributed by atoms with Gasteiger partial charge in [0.15, 0.2) is 10.7 Å². The van der Waals surface area contributed by atoms with Gasteiger partial charge in [-0.15, -0.1) is 0 Å². The van der Waals surface area contributed by atoms with Crippen LogP contribution in [0.3, 0.4) is 0 Å². The van der Waals surface area contributed by atoms with Gasteiger partial charge < -0.3 is 15.2 Å². The van der Waals surface area contributed by atoms with Crippen molar-refractivity contribution in [1.82, 2.24) is 9.46 Å². The molecule has 0 bridgehead atoms. The van der Waals surface area contributed by atoms with E-state index >= 15 is 0 Å². The number of nitrogens with one attached hydrogen (secondary N) is 2. The van der Waals surface area contributed by atoms with Gasteiger partial charge in [-0.05, 0) is 62.2 Å². The van der Waals surface area contributed by atoms with E-state index in [0.29, 0.717) is 24.2 Å². The zero-order valence-electron chi connectivity index (χ0n) is 20.4. The Morgan fingerprint density at radius 1 is 1.03 bits per heavy atom. The Hall–Kier alpha value is -3.83. The fraction of sp³-hybridized carbons (Fsp3) is 0.269. The van der Waals surface area contributed by atoms with E-state index in [0.717, 1.165) is 0 Å². The Morgan fingerprint density at radius 3 is 2.27 bits per heavy atom. The van der Waals surface area contributed by atoms with Crippen LogP contribution in [0, 0.1) is 18.7 Å². The summed E-state index contributed by atoms with van der Waals surface area (Å²) in [5.41, 5.74) is 1.70. The number of nitrogens with zero attached hydrogens (tertiary/aromatic N) is 2. The van der Waals surface area contributed by atoms with Gasteiger partial charge in [-0.3, -0.25) is 9.59 Å². The average Bonchev–Trinajstić information content (AvgIpc) is 3.25. The largest absolute Gasteiger partial charge is 0.355 e. The number of sulfonamides is 1. The Morgan fingerprint density at radius 2 is 1.65 bits per heavy atom. The van der Waals surface area contributed by atoms with Crippen molar-refractivity contribution in [2.24, 2.45) is 5.92 Å². The lowest BCUT2D eigenvalue weighted by molar-refractivity contribution is -0.121. The summed E-state index contributed by atoms with van der Waals surface area (Å²) >= 11 is 0. The molecule has 1 aromatic heterocycles. The van der Waals surface area contributed by atoms with Crippen molar-refractivity contribution < 1.29 is 26.9 Å². The van der Waals surface area contributed by atoms with E-state index in [9.17, 15) is 22.4 Å². The van der Waals surface area contributed by atoms with E-state index in [2.05, 4.69) is 15.8 Å². The van der Waals surface area contributed by atoms with Crippen LogP contribution in [0.15, 0.2) is 57.9 Å². The highest BCUT2D eigenvalue weighted by atomic mass is 32.2. The smallest absolute Gasteiger partial charge is 0.248 e. The van der Waals surface area contributed by atoms with Crippen LogP contribution < -0.4 is 10.6 Å². The second-order valence-electron chi connectivity index (χ2n) is 8.74. The third kappa shape index (κ3) is 6.12. The van der Waals surface area contributed by atoms with Crippen molar-refractivity contribution in [3.05, 3.63) is 71.4 Å². The molecule has 1 saturated heterocycles. The Balaban J connectivity index is 1.41. The summed E-state index contributed by atoms with van der Waals surface area (Å²) in [5, 5.41) is 9.31. The first-order valence-corrected chi connectivity index (χ1v) is 13.2. The molecule has 2 N–H and O–H groups in total. The molecule has 4 rings (SSSR count). The molecule has 37 heavy (non-hydrogen) atoms. The summed E-state index contributed by atoms with van der Waals surface area (Å²) in [7, 11) is -3.95. The minimum atomic E-state index is -3.95. The summed E-state index contributed by atoms with van der Waals surface area (Å²) in [5.74, 6) is -1.16. The van der Waals surface area contributed by atoms with Crippen molar-refractivity contribution in [2.45, 2.75) is 31.6 Å². The van der Waals surface area contributed by atoms with E-state index in [4.69, 9.17) is 4.52 Å². The van der Waals surface area contributed by atoms with Crippen molar-refractivity contribution in [1.29, 1.82) is 0 Å². The molecule has 1 aliphatic rings. The number of rotatable bonds is 7. The number of hydrogen-bond acceptors (Lipinski definition) is 6. The van der Waals surface area contributed by atoms with Gasteiger partial charge in [0.25, 0.3) is 0 Å². The summed E-state index contributed by atoms with van der Waals surface area (Å²) in [6.45, 7) is 3.26. The molecule has 2 heterocycles. The van der Waals surface area contributed by atoms with Crippen LogP contribution in [0.5, 0.6) is 0 Å². The molecule has 194 valence electrons. The highest BCUT2D eigenvalue weighted by Gasteiger charge is 2.36. The van der Waals surface area contributed by atoms with Crippen LogP contribution in [0.25, 0.3) is 12.2 Å². The topological polar surface area (TPSA) is 122 Å². The van der Waals surface area contributed by atoms with Gasteiger partial charge in [-0.1, -0.05) is 23.4 Å². The standard InChI is InChI=1S/C26H27FN4O5S/c1-17-25(24(36-30-17)12-7-19-5-3-4-6-23(19)27)37(34,35)31-15-13-20(14-16-31)26(33)29-22-10-8-21(9-11-22)28-18(2)32/h3-12,20H,13-16H2,1-2H3,(H,28,32)(H,29,33). The van der Waals surface area contributed by atoms with Crippen LogP contribution in [0.4, 0.5) is 15.8 Å². The van der Waals surface area contributed by atoms with Gasteiger partial charge in [0.05, 0.1) is 0 Å².